The van der Waals surface area contributed by atoms with E-state index in [9.17, 15) is 9.90 Å². The molecule has 3 aromatic rings. The van der Waals surface area contributed by atoms with Gasteiger partial charge in [0.15, 0.2) is 5.82 Å². The summed E-state index contributed by atoms with van der Waals surface area (Å²) in [6.45, 7) is 4.27. The largest absolute Gasteiger partial charge is 0.508 e. The molecule has 9 heteroatoms. The van der Waals surface area contributed by atoms with Crippen LogP contribution in [0.2, 0.25) is 0 Å². The van der Waals surface area contributed by atoms with E-state index in [-0.39, 0.29) is 11.7 Å². The number of rotatable bonds is 8. The maximum Gasteiger partial charge on any atom is 0.227 e. The number of likely N-dealkylation sites (tertiary alicyclic amines) is 1. The van der Waals surface area contributed by atoms with Gasteiger partial charge in [-0.2, -0.15) is 0 Å². The van der Waals surface area contributed by atoms with E-state index in [0.29, 0.717) is 26.1 Å². The van der Waals surface area contributed by atoms with Gasteiger partial charge in [0.1, 0.15) is 17.2 Å². The molecule has 2 aromatic heterocycles. The quantitative estimate of drug-likeness (QED) is 0.608. The van der Waals surface area contributed by atoms with Crippen LogP contribution < -0.4 is 4.90 Å². The van der Waals surface area contributed by atoms with Crippen LogP contribution in [-0.4, -0.2) is 49.4 Å². The van der Waals surface area contributed by atoms with Gasteiger partial charge < -0.3 is 19.4 Å². The maximum absolute atomic E-state index is 12.1. The van der Waals surface area contributed by atoms with Crippen molar-refractivity contribution in [3.05, 3.63) is 53.2 Å². The van der Waals surface area contributed by atoms with Crippen LogP contribution in [0.3, 0.4) is 0 Å². The third kappa shape index (κ3) is 4.45. The minimum absolute atomic E-state index is 0.163. The Morgan fingerprint density at radius 1 is 1.23 bits per heavy atom. The molecular formula is C21H26N6O3. The van der Waals surface area contributed by atoms with E-state index in [1.807, 2.05) is 42.0 Å². The smallest absolute Gasteiger partial charge is 0.227 e. The van der Waals surface area contributed by atoms with Gasteiger partial charge in [-0.15, -0.1) is 10.2 Å². The van der Waals surface area contributed by atoms with Gasteiger partial charge in [-0.3, -0.25) is 9.36 Å². The Hall–Kier alpha value is -3.36. The van der Waals surface area contributed by atoms with Gasteiger partial charge in [-0.05, 0) is 37.5 Å². The van der Waals surface area contributed by atoms with E-state index in [1.165, 1.54) is 0 Å². The van der Waals surface area contributed by atoms with Gasteiger partial charge in [0.25, 0.3) is 0 Å². The van der Waals surface area contributed by atoms with E-state index in [1.54, 1.807) is 12.1 Å². The maximum atomic E-state index is 12.1. The van der Waals surface area contributed by atoms with Gasteiger partial charge in [-0.25, -0.2) is 0 Å². The number of aromatic nitrogens is 4. The van der Waals surface area contributed by atoms with E-state index in [0.717, 1.165) is 48.2 Å². The molecule has 3 heterocycles. The highest BCUT2D eigenvalue weighted by atomic mass is 16.5. The van der Waals surface area contributed by atoms with Gasteiger partial charge >= 0.3 is 0 Å². The second kappa shape index (κ2) is 8.56. The summed E-state index contributed by atoms with van der Waals surface area (Å²) in [4.78, 5) is 15.9. The van der Waals surface area contributed by atoms with Crippen LogP contribution in [0.25, 0.3) is 0 Å². The molecular weight excluding hydrogens is 384 g/mol. The zero-order valence-electron chi connectivity index (χ0n) is 17.3. The van der Waals surface area contributed by atoms with Gasteiger partial charge in [0.2, 0.25) is 11.9 Å². The molecule has 1 saturated heterocycles. The molecule has 1 aliphatic heterocycles. The first-order valence-corrected chi connectivity index (χ1v) is 10.1. The number of amides is 1. The first-order valence-electron chi connectivity index (χ1n) is 10.1. The van der Waals surface area contributed by atoms with Crippen molar-refractivity contribution in [1.82, 2.24) is 24.8 Å². The number of aryl methyl sites for hydroxylation is 2. The fourth-order valence-electron chi connectivity index (χ4n) is 3.71. The average molecular weight is 410 g/mol. The molecule has 30 heavy (non-hydrogen) atoms. The SMILES string of the molecule is Cc1cc(CN(C)c2nnc(CN3CCCC3=O)n2CCc2ccc(O)cc2)no1. The first kappa shape index (κ1) is 19.9. The number of nitrogens with zero attached hydrogens (tertiary/aromatic N) is 6. The molecule has 0 atom stereocenters. The summed E-state index contributed by atoms with van der Waals surface area (Å²) in [5.74, 6) is 2.66. The molecule has 0 bridgehead atoms. The number of anilines is 1. The highest BCUT2D eigenvalue weighted by Gasteiger charge is 2.24. The zero-order chi connectivity index (χ0) is 21.1. The Morgan fingerprint density at radius 2 is 2.03 bits per heavy atom. The molecule has 0 saturated carbocycles. The Labute approximate surface area is 174 Å². The molecule has 4 rings (SSSR count). The molecule has 0 radical (unpaired) electrons. The van der Waals surface area contributed by atoms with Crippen LogP contribution in [0.1, 0.15) is 35.7 Å². The average Bonchev–Trinajstić information content (AvgIpc) is 3.43. The highest BCUT2D eigenvalue weighted by Crippen LogP contribution is 2.20. The standard InChI is InChI=1S/C21H26N6O3/c1-15-12-17(24-30-15)13-25(2)21-23-22-19(14-26-10-3-4-20(26)29)27(21)11-9-16-5-7-18(28)8-6-16/h5-8,12,28H,3-4,9-11,13-14H2,1-2H3. The molecule has 158 valence electrons. The third-order valence-electron chi connectivity index (χ3n) is 5.29. The third-order valence-corrected chi connectivity index (χ3v) is 5.29. The topological polar surface area (TPSA) is 101 Å². The summed E-state index contributed by atoms with van der Waals surface area (Å²) in [6.07, 6.45) is 2.24. The van der Waals surface area contributed by atoms with Gasteiger partial charge in [0.05, 0.1) is 13.1 Å². The summed E-state index contributed by atoms with van der Waals surface area (Å²) in [7, 11) is 1.94. The van der Waals surface area contributed by atoms with E-state index >= 15 is 0 Å². The Balaban J connectivity index is 1.56. The van der Waals surface area contributed by atoms with Gasteiger partial charge in [0, 0.05) is 32.6 Å². The summed E-state index contributed by atoms with van der Waals surface area (Å²) in [6, 6.07) is 9.09. The van der Waals surface area contributed by atoms with E-state index < -0.39 is 0 Å². The minimum Gasteiger partial charge on any atom is -0.508 e. The Morgan fingerprint density at radius 3 is 2.70 bits per heavy atom. The lowest BCUT2D eigenvalue weighted by atomic mass is 10.1. The van der Waals surface area contributed by atoms with Crippen LogP contribution in [0, 0.1) is 6.92 Å². The summed E-state index contributed by atoms with van der Waals surface area (Å²) in [5.41, 5.74) is 1.92. The normalized spacial score (nSPS) is 13.9. The van der Waals surface area contributed by atoms with Crippen molar-refractivity contribution in [2.45, 2.75) is 45.8 Å². The van der Waals surface area contributed by atoms with Crippen LogP contribution >= 0.6 is 0 Å². The number of benzene rings is 1. The van der Waals surface area contributed by atoms with Crippen molar-refractivity contribution in [2.75, 3.05) is 18.5 Å². The van der Waals surface area contributed by atoms with Crippen molar-refractivity contribution in [1.29, 1.82) is 0 Å². The second-order valence-corrected chi connectivity index (χ2v) is 7.69. The van der Waals surface area contributed by atoms with Gasteiger partial charge in [-0.1, -0.05) is 17.3 Å². The number of carbonyl (C=O) groups is 1. The lowest BCUT2D eigenvalue weighted by molar-refractivity contribution is -0.128. The van der Waals surface area contributed by atoms with Crippen LogP contribution in [0.15, 0.2) is 34.9 Å². The van der Waals surface area contributed by atoms with Crippen LogP contribution in [-0.2, 0) is 30.8 Å². The summed E-state index contributed by atoms with van der Waals surface area (Å²) in [5, 5.41) is 22.4. The van der Waals surface area contributed by atoms with Crippen molar-refractivity contribution >= 4 is 11.9 Å². The molecule has 0 spiro atoms. The molecule has 0 aliphatic carbocycles. The predicted molar refractivity (Wildman–Crippen MR) is 110 cm³/mol. The number of hydrogen-bond acceptors (Lipinski definition) is 7. The van der Waals surface area contributed by atoms with Crippen LogP contribution in [0.4, 0.5) is 5.95 Å². The fraction of sp³-hybridized carbons (Fsp3) is 0.429. The van der Waals surface area contributed by atoms with E-state index in [2.05, 4.69) is 19.9 Å². The predicted octanol–water partition coefficient (Wildman–Crippen LogP) is 2.28. The van der Waals surface area contributed by atoms with E-state index in [4.69, 9.17) is 4.52 Å². The molecule has 1 N–H and O–H groups in total. The molecule has 1 fully saturated rings. The second-order valence-electron chi connectivity index (χ2n) is 7.69. The number of hydrogen-bond donors (Lipinski definition) is 1. The van der Waals surface area contributed by atoms with Crippen molar-refractivity contribution in [3.8, 4) is 5.75 Å². The van der Waals surface area contributed by atoms with Crippen molar-refractivity contribution in [3.63, 3.8) is 0 Å². The lowest BCUT2D eigenvalue weighted by Gasteiger charge is -2.20. The molecule has 1 amide bonds. The molecule has 1 aliphatic rings. The number of aromatic hydroxyl groups is 1. The van der Waals surface area contributed by atoms with Crippen LogP contribution in [0.5, 0.6) is 5.75 Å². The molecule has 1 aromatic carbocycles. The number of phenolic OH excluding ortho intramolecular Hbond substituents is 1. The lowest BCUT2D eigenvalue weighted by Crippen LogP contribution is -2.27. The van der Waals surface area contributed by atoms with Crippen molar-refractivity contribution < 1.29 is 14.4 Å². The Bertz CT molecular complexity index is 1010. The summed E-state index contributed by atoms with van der Waals surface area (Å²) >= 11 is 0. The Kier molecular flexibility index (Phi) is 5.69. The van der Waals surface area contributed by atoms with Crippen molar-refractivity contribution in [2.24, 2.45) is 0 Å². The monoisotopic (exact) mass is 410 g/mol. The molecule has 0 unspecified atom stereocenters. The first-order chi connectivity index (χ1) is 14.5. The highest BCUT2D eigenvalue weighted by molar-refractivity contribution is 5.77. The molecule has 9 nitrogen and oxygen atoms in total. The number of carbonyl (C=O) groups excluding carboxylic acids is 1. The zero-order valence-corrected chi connectivity index (χ0v) is 17.3. The summed E-state index contributed by atoms with van der Waals surface area (Å²) < 4.78 is 7.23. The minimum atomic E-state index is 0.163. The number of phenols is 1. The fourth-order valence-corrected chi connectivity index (χ4v) is 3.71.